The van der Waals surface area contributed by atoms with Crippen molar-refractivity contribution in [1.29, 1.82) is 0 Å². The Balaban J connectivity index is 1.74. The molecule has 1 aromatic carbocycles. The van der Waals surface area contributed by atoms with Crippen LogP contribution in [0.4, 0.5) is 0 Å². The van der Waals surface area contributed by atoms with Gasteiger partial charge in [0.05, 0.1) is 11.1 Å². The van der Waals surface area contributed by atoms with E-state index in [9.17, 15) is 4.79 Å². The molecule has 1 saturated carbocycles. The highest BCUT2D eigenvalue weighted by molar-refractivity contribution is 9.10. The molecular formula is C15H14BrNO4. The first-order chi connectivity index (χ1) is 10.1. The van der Waals surface area contributed by atoms with E-state index >= 15 is 0 Å². The summed E-state index contributed by atoms with van der Waals surface area (Å²) in [5, 5.41) is 12.6. The molecule has 1 N–H and O–H groups in total. The molecule has 110 valence electrons. The van der Waals surface area contributed by atoms with E-state index in [0.29, 0.717) is 11.6 Å². The van der Waals surface area contributed by atoms with Gasteiger partial charge in [-0.15, -0.1) is 0 Å². The van der Waals surface area contributed by atoms with Crippen molar-refractivity contribution in [2.24, 2.45) is 5.92 Å². The molecule has 2 aromatic rings. The molecule has 1 heterocycles. The van der Waals surface area contributed by atoms with E-state index in [0.717, 1.165) is 22.4 Å². The molecule has 3 rings (SSSR count). The summed E-state index contributed by atoms with van der Waals surface area (Å²) in [6.45, 7) is 0.741. The molecule has 1 aliphatic carbocycles. The van der Waals surface area contributed by atoms with Crippen LogP contribution in [0.3, 0.4) is 0 Å². The van der Waals surface area contributed by atoms with Crippen LogP contribution in [0.1, 0.15) is 29.8 Å². The second-order valence-corrected chi connectivity index (χ2v) is 5.99. The van der Waals surface area contributed by atoms with Crippen LogP contribution in [0.15, 0.2) is 33.3 Å². The van der Waals surface area contributed by atoms with E-state index in [4.69, 9.17) is 14.4 Å². The molecule has 1 aromatic heterocycles. The van der Waals surface area contributed by atoms with Crippen molar-refractivity contribution < 1.29 is 19.2 Å². The highest BCUT2D eigenvalue weighted by Crippen LogP contribution is 2.32. The first-order valence-corrected chi connectivity index (χ1v) is 7.55. The predicted octanol–water partition coefficient (Wildman–Crippen LogP) is 3.98. The van der Waals surface area contributed by atoms with Gasteiger partial charge in [-0.2, -0.15) is 0 Å². The van der Waals surface area contributed by atoms with E-state index in [-0.39, 0.29) is 5.76 Å². The van der Waals surface area contributed by atoms with E-state index in [1.54, 1.807) is 0 Å². The van der Waals surface area contributed by atoms with Crippen molar-refractivity contribution in [3.8, 4) is 17.0 Å². The van der Waals surface area contributed by atoms with Gasteiger partial charge in [0.2, 0.25) is 5.76 Å². The molecule has 1 fully saturated rings. The Morgan fingerprint density at radius 3 is 2.81 bits per heavy atom. The highest BCUT2D eigenvalue weighted by Gasteiger charge is 2.19. The van der Waals surface area contributed by atoms with Crippen LogP contribution in [-0.2, 0) is 0 Å². The molecule has 0 aliphatic heterocycles. The van der Waals surface area contributed by atoms with Crippen LogP contribution in [0.25, 0.3) is 11.3 Å². The smallest absolute Gasteiger partial charge is 0.374 e. The quantitative estimate of drug-likeness (QED) is 0.881. The second-order valence-electron chi connectivity index (χ2n) is 5.13. The number of aromatic carboxylic acids is 1. The summed E-state index contributed by atoms with van der Waals surface area (Å²) in [6.07, 6.45) is 3.78. The minimum absolute atomic E-state index is 0.175. The van der Waals surface area contributed by atoms with Gasteiger partial charge in [-0.25, -0.2) is 4.79 Å². The SMILES string of the molecule is O=C(O)c1cc(-c2ccc(OCC3CCC3)c(Br)c2)no1. The molecule has 0 amide bonds. The first-order valence-electron chi connectivity index (χ1n) is 6.76. The van der Waals surface area contributed by atoms with Crippen LogP contribution in [0, 0.1) is 5.92 Å². The van der Waals surface area contributed by atoms with Gasteiger partial charge in [-0.1, -0.05) is 11.6 Å². The standard InChI is InChI=1S/C15H14BrNO4/c16-11-6-10(12-7-14(15(18)19)21-17-12)4-5-13(11)20-8-9-2-1-3-9/h4-7,9H,1-3,8H2,(H,18,19). The molecule has 0 radical (unpaired) electrons. The number of aromatic nitrogens is 1. The number of nitrogens with zero attached hydrogens (tertiary/aromatic N) is 1. The van der Waals surface area contributed by atoms with Crippen molar-refractivity contribution in [2.75, 3.05) is 6.61 Å². The maximum atomic E-state index is 10.8. The molecule has 0 atom stereocenters. The largest absolute Gasteiger partial charge is 0.492 e. The maximum Gasteiger partial charge on any atom is 0.374 e. The summed E-state index contributed by atoms with van der Waals surface area (Å²) in [4.78, 5) is 10.8. The fourth-order valence-corrected chi connectivity index (χ4v) is 2.65. The zero-order valence-electron chi connectivity index (χ0n) is 11.2. The van der Waals surface area contributed by atoms with Gasteiger partial charge in [0, 0.05) is 11.6 Å². The van der Waals surface area contributed by atoms with Gasteiger partial charge in [-0.05, 0) is 52.9 Å². The Hall–Kier alpha value is -1.82. The number of carbonyl (C=O) groups is 1. The predicted molar refractivity (Wildman–Crippen MR) is 79.4 cm³/mol. The Bertz CT molecular complexity index is 663. The monoisotopic (exact) mass is 351 g/mol. The number of hydrogen-bond donors (Lipinski definition) is 1. The molecular weight excluding hydrogens is 338 g/mol. The van der Waals surface area contributed by atoms with Gasteiger partial charge in [-0.3, -0.25) is 0 Å². The summed E-state index contributed by atoms with van der Waals surface area (Å²) in [6, 6.07) is 6.94. The van der Waals surface area contributed by atoms with Crippen LogP contribution >= 0.6 is 15.9 Å². The van der Waals surface area contributed by atoms with Crippen LogP contribution in [0.2, 0.25) is 0 Å². The first kappa shape index (κ1) is 14.1. The molecule has 5 nitrogen and oxygen atoms in total. The molecule has 0 spiro atoms. The topological polar surface area (TPSA) is 72.6 Å². The van der Waals surface area contributed by atoms with Gasteiger partial charge >= 0.3 is 5.97 Å². The van der Waals surface area contributed by atoms with Crippen molar-refractivity contribution in [3.63, 3.8) is 0 Å². The number of carboxylic acids is 1. The number of rotatable bonds is 5. The lowest BCUT2D eigenvalue weighted by Crippen LogP contribution is -2.19. The minimum Gasteiger partial charge on any atom is -0.492 e. The van der Waals surface area contributed by atoms with Gasteiger partial charge < -0.3 is 14.4 Å². The zero-order chi connectivity index (χ0) is 14.8. The fraction of sp³-hybridized carbons (Fsp3) is 0.333. The third kappa shape index (κ3) is 3.10. The van der Waals surface area contributed by atoms with Gasteiger partial charge in [0.15, 0.2) is 0 Å². The Labute approximate surface area is 130 Å². The number of carboxylic acid groups (broad SMARTS) is 1. The van der Waals surface area contributed by atoms with E-state index in [2.05, 4.69) is 21.1 Å². The lowest BCUT2D eigenvalue weighted by molar-refractivity contribution is 0.0652. The molecule has 6 heteroatoms. The third-order valence-corrected chi connectivity index (χ3v) is 4.27. The fourth-order valence-electron chi connectivity index (χ4n) is 2.16. The van der Waals surface area contributed by atoms with Crippen molar-refractivity contribution in [3.05, 3.63) is 34.5 Å². The van der Waals surface area contributed by atoms with Crippen LogP contribution in [-0.4, -0.2) is 22.8 Å². The van der Waals surface area contributed by atoms with Crippen LogP contribution < -0.4 is 4.74 Å². The van der Waals surface area contributed by atoms with E-state index < -0.39 is 5.97 Å². The molecule has 1 aliphatic rings. The normalized spacial score (nSPS) is 14.7. The number of hydrogen-bond acceptors (Lipinski definition) is 4. The maximum absolute atomic E-state index is 10.8. The molecule has 0 saturated heterocycles. The summed E-state index contributed by atoms with van der Waals surface area (Å²) in [5.41, 5.74) is 1.26. The van der Waals surface area contributed by atoms with Crippen LogP contribution in [0.5, 0.6) is 5.75 Å². The summed E-state index contributed by atoms with van der Waals surface area (Å²) >= 11 is 3.47. The van der Waals surface area contributed by atoms with Crippen molar-refractivity contribution in [1.82, 2.24) is 5.16 Å². The third-order valence-electron chi connectivity index (χ3n) is 3.65. The summed E-state index contributed by atoms with van der Waals surface area (Å²) < 4.78 is 11.4. The lowest BCUT2D eigenvalue weighted by Gasteiger charge is -2.25. The van der Waals surface area contributed by atoms with Crippen molar-refractivity contribution in [2.45, 2.75) is 19.3 Å². The molecule has 0 unspecified atom stereocenters. The minimum atomic E-state index is -1.13. The zero-order valence-corrected chi connectivity index (χ0v) is 12.8. The molecule has 21 heavy (non-hydrogen) atoms. The average Bonchev–Trinajstić information content (AvgIpc) is 2.88. The lowest BCUT2D eigenvalue weighted by atomic mass is 9.86. The average molecular weight is 352 g/mol. The Morgan fingerprint density at radius 1 is 1.43 bits per heavy atom. The van der Waals surface area contributed by atoms with Gasteiger partial charge in [0.25, 0.3) is 0 Å². The summed E-state index contributed by atoms with van der Waals surface area (Å²) in [5.74, 6) is 0.151. The number of ether oxygens (including phenoxy) is 1. The van der Waals surface area contributed by atoms with Gasteiger partial charge in [0.1, 0.15) is 11.4 Å². The highest BCUT2D eigenvalue weighted by atomic mass is 79.9. The Morgan fingerprint density at radius 2 is 2.24 bits per heavy atom. The second kappa shape index (κ2) is 5.89. The Kier molecular flexibility index (Phi) is 3.96. The van der Waals surface area contributed by atoms with Crippen molar-refractivity contribution >= 4 is 21.9 Å². The molecule has 0 bridgehead atoms. The number of halogens is 1. The summed E-state index contributed by atoms with van der Waals surface area (Å²) in [7, 11) is 0. The van der Waals surface area contributed by atoms with E-state index in [1.807, 2.05) is 18.2 Å². The number of benzene rings is 1. The van der Waals surface area contributed by atoms with E-state index in [1.165, 1.54) is 25.3 Å².